The first-order valence-electron chi connectivity index (χ1n) is 8.88. The molecule has 3 aromatic heterocycles. The van der Waals surface area contributed by atoms with Crippen molar-refractivity contribution in [3.63, 3.8) is 0 Å². The Kier molecular flexibility index (Phi) is 3.78. The Hall–Kier alpha value is -3.10. The zero-order valence-corrected chi connectivity index (χ0v) is 15.9. The van der Waals surface area contributed by atoms with Crippen LogP contribution in [0.4, 0.5) is 0 Å². The number of likely N-dealkylation sites (tertiary alicyclic amines) is 1. The molecule has 28 heavy (non-hydrogen) atoms. The van der Waals surface area contributed by atoms with Crippen LogP contribution in [0, 0.1) is 0 Å². The molecule has 8 heteroatoms. The highest BCUT2D eigenvalue weighted by atomic mass is 32.1. The second-order valence-corrected chi connectivity index (χ2v) is 7.80. The van der Waals surface area contributed by atoms with Crippen LogP contribution in [0.3, 0.4) is 0 Å². The fraction of sp³-hybridized carbons (Fsp3) is 0.200. The average Bonchev–Trinajstić information content (AvgIpc) is 3.43. The van der Waals surface area contributed by atoms with E-state index in [9.17, 15) is 9.90 Å². The Balaban J connectivity index is 1.52. The number of thiazole rings is 1. The number of hydrogen-bond donors (Lipinski definition) is 2. The van der Waals surface area contributed by atoms with Gasteiger partial charge in [0, 0.05) is 54.3 Å². The zero-order valence-electron chi connectivity index (χ0n) is 15.1. The predicted molar refractivity (Wildman–Crippen MR) is 107 cm³/mol. The number of benzene rings is 1. The highest BCUT2D eigenvalue weighted by Crippen LogP contribution is 2.36. The maximum absolute atomic E-state index is 12.4. The fourth-order valence-corrected chi connectivity index (χ4v) is 4.48. The molecule has 0 unspecified atom stereocenters. The summed E-state index contributed by atoms with van der Waals surface area (Å²) in [5.41, 5.74) is 2.54. The highest BCUT2D eigenvalue weighted by molar-refractivity contribution is 7.13. The minimum atomic E-state index is -1.46. The molecule has 0 aliphatic carbocycles. The van der Waals surface area contributed by atoms with Crippen molar-refractivity contribution in [2.45, 2.75) is 12.0 Å². The second-order valence-electron chi connectivity index (χ2n) is 6.94. The van der Waals surface area contributed by atoms with Gasteiger partial charge in [0.2, 0.25) is 0 Å². The molecule has 4 aromatic rings. The van der Waals surface area contributed by atoms with E-state index in [1.165, 1.54) is 17.7 Å². The number of likely N-dealkylation sites (N-methyl/N-ethyl adjacent to an activating group) is 1. The standard InChI is InChI=1S/C20H17N5O2S/c1-25-6-5-20(27,19(25)26)13-4-2-3-12(7-13)16-10-28-18(24-16)15-9-22-17-14(15)8-21-11-23-17/h2-4,7-11,27H,5-6H2,1H3,(H,21,22,23)/t20-/m0/s1. The SMILES string of the molecule is CN1CC[C@](O)(c2cccc(-c3csc(-c4c[nH]c5ncncc45)n3)c2)C1=O. The van der Waals surface area contributed by atoms with E-state index < -0.39 is 5.60 Å². The van der Waals surface area contributed by atoms with Gasteiger partial charge in [-0.2, -0.15) is 0 Å². The molecular weight excluding hydrogens is 374 g/mol. The molecule has 0 saturated carbocycles. The van der Waals surface area contributed by atoms with Gasteiger partial charge in [0.15, 0.2) is 5.60 Å². The zero-order chi connectivity index (χ0) is 19.3. The molecule has 0 bridgehead atoms. The summed E-state index contributed by atoms with van der Waals surface area (Å²) in [7, 11) is 1.71. The highest BCUT2D eigenvalue weighted by Gasteiger charge is 2.45. The third-order valence-corrected chi connectivity index (χ3v) is 6.11. The van der Waals surface area contributed by atoms with Gasteiger partial charge in [0.25, 0.3) is 5.91 Å². The van der Waals surface area contributed by atoms with Crippen molar-refractivity contribution < 1.29 is 9.90 Å². The van der Waals surface area contributed by atoms with E-state index in [1.54, 1.807) is 24.2 Å². The number of carbonyl (C=O) groups excluding carboxylic acids is 1. The molecule has 2 N–H and O–H groups in total. The van der Waals surface area contributed by atoms with Crippen molar-refractivity contribution in [3.05, 3.63) is 53.9 Å². The molecule has 1 amide bonds. The lowest BCUT2D eigenvalue weighted by molar-refractivity contribution is -0.143. The lowest BCUT2D eigenvalue weighted by Gasteiger charge is -2.21. The molecule has 1 aliphatic heterocycles. The summed E-state index contributed by atoms with van der Waals surface area (Å²) in [5.74, 6) is -0.262. The van der Waals surface area contributed by atoms with Crippen LogP contribution in [0.15, 0.2) is 48.4 Å². The first-order valence-corrected chi connectivity index (χ1v) is 9.76. The molecule has 5 rings (SSSR count). The Labute approximate surface area is 164 Å². The van der Waals surface area contributed by atoms with Crippen LogP contribution >= 0.6 is 11.3 Å². The van der Waals surface area contributed by atoms with Gasteiger partial charge in [-0.3, -0.25) is 4.79 Å². The number of rotatable bonds is 3. The van der Waals surface area contributed by atoms with Gasteiger partial charge in [-0.1, -0.05) is 18.2 Å². The summed E-state index contributed by atoms with van der Waals surface area (Å²) in [6.45, 7) is 0.545. The molecule has 1 atom stereocenters. The number of hydrogen-bond acceptors (Lipinski definition) is 6. The van der Waals surface area contributed by atoms with Crippen molar-refractivity contribution in [1.29, 1.82) is 0 Å². The summed E-state index contributed by atoms with van der Waals surface area (Å²) in [6, 6.07) is 7.44. The van der Waals surface area contributed by atoms with Crippen LogP contribution in [-0.4, -0.2) is 49.4 Å². The van der Waals surface area contributed by atoms with Gasteiger partial charge in [-0.05, 0) is 11.6 Å². The first kappa shape index (κ1) is 17.0. The Morgan fingerprint density at radius 2 is 2.25 bits per heavy atom. The number of nitrogens with zero attached hydrogens (tertiary/aromatic N) is 4. The van der Waals surface area contributed by atoms with Gasteiger partial charge in [-0.15, -0.1) is 11.3 Å². The van der Waals surface area contributed by atoms with Crippen molar-refractivity contribution >= 4 is 28.3 Å². The van der Waals surface area contributed by atoms with E-state index in [1.807, 2.05) is 29.8 Å². The van der Waals surface area contributed by atoms with Gasteiger partial charge in [0.05, 0.1) is 5.69 Å². The van der Waals surface area contributed by atoms with Crippen molar-refractivity contribution in [2.24, 2.45) is 0 Å². The van der Waals surface area contributed by atoms with Gasteiger partial charge < -0.3 is 15.0 Å². The number of nitrogens with one attached hydrogen (secondary N) is 1. The smallest absolute Gasteiger partial charge is 0.258 e. The van der Waals surface area contributed by atoms with E-state index in [-0.39, 0.29) is 5.91 Å². The number of H-pyrrole nitrogens is 1. The first-order chi connectivity index (χ1) is 13.6. The Morgan fingerprint density at radius 3 is 3.07 bits per heavy atom. The Bertz CT molecular complexity index is 1200. The van der Waals surface area contributed by atoms with Crippen LogP contribution in [-0.2, 0) is 10.4 Å². The lowest BCUT2D eigenvalue weighted by atomic mass is 9.90. The van der Waals surface area contributed by atoms with Crippen LogP contribution in [0.2, 0.25) is 0 Å². The maximum Gasteiger partial charge on any atom is 0.258 e. The second kappa shape index (κ2) is 6.22. The molecule has 1 fully saturated rings. The van der Waals surface area contributed by atoms with E-state index in [0.717, 1.165) is 32.9 Å². The van der Waals surface area contributed by atoms with Gasteiger partial charge >= 0.3 is 0 Å². The third-order valence-electron chi connectivity index (χ3n) is 5.24. The molecular formula is C20H17N5O2S. The summed E-state index contributed by atoms with van der Waals surface area (Å²) >= 11 is 1.53. The summed E-state index contributed by atoms with van der Waals surface area (Å²) in [6.07, 6.45) is 5.55. The maximum atomic E-state index is 12.4. The van der Waals surface area contributed by atoms with Crippen LogP contribution in [0.25, 0.3) is 32.9 Å². The molecule has 0 radical (unpaired) electrons. The molecule has 1 saturated heterocycles. The summed E-state index contributed by atoms with van der Waals surface area (Å²) in [4.78, 5) is 30.2. The topological polar surface area (TPSA) is 95.0 Å². The quantitative estimate of drug-likeness (QED) is 0.560. The van der Waals surface area contributed by atoms with Crippen molar-refractivity contribution in [3.8, 4) is 21.8 Å². The number of aromatic nitrogens is 4. The van der Waals surface area contributed by atoms with E-state index >= 15 is 0 Å². The van der Waals surface area contributed by atoms with Crippen molar-refractivity contribution in [1.82, 2.24) is 24.8 Å². The normalized spacial score (nSPS) is 19.6. The third kappa shape index (κ3) is 2.53. The van der Waals surface area contributed by atoms with Crippen LogP contribution in [0.1, 0.15) is 12.0 Å². The Morgan fingerprint density at radius 1 is 1.36 bits per heavy atom. The molecule has 7 nitrogen and oxygen atoms in total. The predicted octanol–water partition coefficient (Wildman–Crippen LogP) is 2.80. The average molecular weight is 391 g/mol. The number of fused-ring (bicyclic) bond motifs is 1. The molecule has 140 valence electrons. The number of carbonyl (C=O) groups is 1. The van der Waals surface area contributed by atoms with Gasteiger partial charge in [-0.25, -0.2) is 15.0 Å². The largest absolute Gasteiger partial charge is 0.375 e. The molecule has 0 spiro atoms. The molecule has 1 aromatic carbocycles. The fourth-order valence-electron chi connectivity index (χ4n) is 3.62. The monoisotopic (exact) mass is 391 g/mol. The minimum Gasteiger partial charge on any atom is -0.375 e. The van der Waals surface area contributed by atoms with E-state index in [2.05, 4.69) is 15.0 Å². The van der Waals surface area contributed by atoms with E-state index in [4.69, 9.17) is 4.98 Å². The van der Waals surface area contributed by atoms with E-state index in [0.29, 0.717) is 18.5 Å². The van der Waals surface area contributed by atoms with Crippen LogP contribution < -0.4 is 0 Å². The number of aromatic amines is 1. The lowest BCUT2D eigenvalue weighted by Crippen LogP contribution is -2.36. The van der Waals surface area contributed by atoms with Crippen LogP contribution in [0.5, 0.6) is 0 Å². The molecule has 1 aliphatic rings. The summed E-state index contributed by atoms with van der Waals surface area (Å²) in [5, 5.41) is 14.7. The van der Waals surface area contributed by atoms with Crippen molar-refractivity contribution in [2.75, 3.05) is 13.6 Å². The number of aliphatic hydroxyl groups is 1. The summed E-state index contributed by atoms with van der Waals surface area (Å²) < 4.78 is 0. The molecule has 4 heterocycles. The minimum absolute atomic E-state index is 0.262. The number of amides is 1. The van der Waals surface area contributed by atoms with Gasteiger partial charge in [0.1, 0.15) is 17.0 Å².